The molecule has 1 rings (SSSR count). The van der Waals surface area contributed by atoms with Crippen LogP contribution in [0.5, 0.6) is 0 Å². The molecule has 2 N–H and O–H groups in total. The molecule has 0 aliphatic carbocycles. The van der Waals surface area contributed by atoms with E-state index >= 15 is 0 Å². The average molecular weight is 293 g/mol. The number of aromatic nitrogens is 1. The summed E-state index contributed by atoms with van der Waals surface area (Å²) in [6.45, 7) is 9.00. The van der Waals surface area contributed by atoms with Gasteiger partial charge in [-0.25, -0.2) is 4.98 Å². The molecule has 21 heavy (non-hydrogen) atoms. The third-order valence-electron chi connectivity index (χ3n) is 2.97. The molecule has 0 aromatic carbocycles. The maximum Gasteiger partial charge on any atom is 0.255 e. The van der Waals surface area contributed by atoms with Gasteiger partial charge in [0, 0.05) is 25.9 Å². The number of amides is 1. The number of carbonyl (C=O) groups excluding carboxylic acids is 1. The van der Waals surface area contributed by atoms with Crippen molar-refractivity contribution in [1.82, 2.24) is 10.3 Å². The molecule has 0 atom stereocenters. The SMILES string of the molecule is CCCNc1ncccc1C(=O)NCCOCCC(C)C. The van der Waals surface area contributed by atoms with Crippen LogP contribution in [-0.4, -0.2) is 37.2 Å². The Morgan fingerprint density at radius 3 is 2.86 bits per heavy atom. The van der Waals surface area contributed by atoms with Gasteiger partial charge >= 0.3 is 0 Å². The summed E-state index contributed by atoms with van der Waals surface area (Å²) in [4.78, 5) is 16.3. The van der Waals surface area contributed by atoms with E-state index in [2.05, 4.69) is 36.4 Å². The predicted octanol–water partition coefficient (Wildman–Crippen LogP) is 2.70. The second-order valence-corrected chi connectivity index (χ2v) is 5.38. The molecular formula is C16H27N3O2. The second kappa shape index (κ2) is 10.2. The summed E-state index contributed by atoms with van der Waals surface area (Å²) in [5.74, 6) is 1.16. The fourth-order valence-corrected chi connectivity index (χ4v) is 1.73. The number of hydrogen-bond acceptors (Lipinski definition) is 4. The highest BCUT2D eigenvalue weighted by atomic mass is 16.5. The Kier molecular flexibility index (Phi) is 8.43. The summed E-state index contributed by atoms with van der Waals surface area (Å²) in [6.07, 6.45) is 3.72. The van der Waals surface area contributed by atoms with E-state index < -0.39 is 0 Å². The summed E-state index contributed by atoms with van der Waals surface area (Å²) >= 11 is 0. The van der Waals surface area contributed by atoms with Gasteiger partial charge in [-0.3, -0.25) is 4.79 Å². The summed E-state index contributed by atoms with van der Waals surface area (Å²) in [6, 6.07) is 3.55. The second-order valence-electron chi connectivity index (χ2n) is 5.38. The highest BCUT2D eigenvalue weighted by Crippen LogP contribution is 2.11. The van der Waals surface area contributed by atoms with Gasteiger partial charge in [-0.05, 0) is 30.9 Å². The molecule has 0 unspecified atom stereocenters. The minimum atomic E-state index is -0.117. The van der Waals surface area contributed by atoms with Crippen molar-refractivity contribution < 1.29 is 9.53 Å². The number of anilines is 1. The first-order valence-corrected chi connectivity index (χ1v) is 7.70. The molecule has 1 amide bonds. The topological polar surface area (TPSA) is 63.2 Å². The Hall–Kier alpha value is -1.62. The van der Waals surface area contributed by atoms with Crippen molar-refractivity contribution in [3.05, 3.63) is 23.9 Å². The molecule has 0 saturated heterocycles. The Balaban J connectivity index is 2.34. The first-order chi connectivity index (χ1) is 10.1. The van der Waals surface area contributed by atoms with E-state index in [1.165, 1.54) is 0 Å². The Labute approximate surface area is 127 Å². The van der Waals surface area contributed by atoms with Crippen molar-refractivity contribution in [3.63, 3.8) is 0 Å². The zero-order valence-electron chi connectivity index (χ0n) is 13.3. The van der Waals surface area contributed by atoms with Crippen LogP contribution in [0.3, 0.4) is 0 Å². The molecule has 1 heterocycles. The van der Waals surface area contributed by atoms with Crippen molar-refractivity contribution >= 4 is 11.7 Å². The van der Waals surface area contributed by atoms with Gasteiger partial charge in [0.05, 0.1) is 12.2 Å². The number of nitrogens with one attached hydrogen (secondary N) is 2. The zero-order chi connectivity index (χ0) is 15.5. The van der Waals surface area contributed by atoms with E-state index in [-0.39, 0.29) is 5.91 Å². The molecule has 0 bridgehead atoms. The molecular weight excluding hydrogens is 266 g/mol. The highest BCUT2D eigenvalue weighted by molar-refractivity contribution is 5.98. The van der Waals surface area contributed by atoms with Crippen LogP contribution in [0.1, 0.15) is 44.0 Å². The third kappa shape index (κ3) is 7.09. The van der Waals surface area contributed by atoms with E-state index in [9.17, 15) is 4.79 Å². The minimum Gasteiger partial charge on any atom is -0.380 e. The van der Waals surface area contributed by atoms with Gasteiger partial charge in [0.25, 0.3) is 5.91 Å². The molecule has 0 saturated carbocycles. The van der Waals surface area contributed by atoms with Gasteiger partial charge in [-0.2, -0.15) is 0 Å². The highest BCUT2D eigenvalue weighted by Gasteiger charge is 2.10. The maximum atomic E-state index is 12.1. The van der Waals surface area contributed by atoms with Gasteiger partial charge in [-0.15, -0.1) is 0 Å². The number of hydrogen-bond donors (Lipinski definition) is 2. The zero-order valence-corrected chi connectivity index (χ0v) is 13.3. The number of carbonyl (C=O) groups is 1. The third-order valence-corrected chi connectivity index (χ3v) is 2.97. The smallest absolute Gasteiger partial charge is 0.255 e. The van der Waals surface area contributed by atoms with Crippen LogP contribution in [0.25, 0.3) is 0 Å². The Morgan fingerprint density at radius 1 is 1.33 bits per heavy atom. The van der Waals surface area contributed by atoms with E-state index in [1.54, 1.807) is 18.3 Å². The Morgan fingerprint density at radius 2 is 2.14 bits per heavy atom. The fraction of sp³-hybridized carbons (Fsp3) is 0.625. The van der Waals surface area contributed by atoms with E-state index in [4.69, 9.17) is 4.74 Å². The maximum absolute atomic E-state index is 12.1. The van der Waals surface area contributed by atoms with Gasteiger partial charge in [0.15, 0.2) is 0 Å². The monoisotopic (exact) mass is 293 g/mol. The summed E-state index contributed by atoms with van der Waals surface area (Å²) in [5, 5.41) is 6.02. The van der Waals surface area contributed by atoms with Crippen molar-refractivity contribution in [3.8, 4) is 0 Å². The molecule has 0 fully saturated rings. The van der Waals surface area contributed by atoms with Crippen LogP contribution in [-0.2, 0) is 4.74 Å². The minimum absolute atomic E-state index is 0.117. The lowest BCUT2D eigenvalue weighted by atomic mass is 10.1. The first-order valence-electron chi connectivity index (χ1n) is 7.70. The lowest BCUT2D eigenvalue weighted by Crippen LogP contribution is -2.28. The van der Waals surface area contributed by atoms with Gasteiger partial charge in [-0.1, -0.05) is 20.8 Å². The normalized spacial score (nSPS) is 10.7. The lowest BCUT2D eigenvalue weighted by Gasteiger charge is -2.11. The van der Waals surface area contributed by atoms with E-state index in [0.717, 1.165) is 26.0 Å². The fourth-order valence-electron chi connectivity index (χ4n) is 1.73. The number of pyridine rings is 1. The van der Waals surface area contributed by atoms with Crippen molar-refractivity contribution in [1.29, 1.82) is 0 Å². The Bertz CT molecular complexity index is 422. The molecule has 118 valence electrons. The van der Waals surface area contributed by atoms with Gasteiger partial charge < -0.3 is 15.4 Å². The van der Waals surface area contributed by atoms with Crippen LogP contribution < -0.4 is 10.6 Å². The summed E-state index contributed by atoms with van der Waals surface area (Å²) in [5.41, 5.74) is 0.577. The average Bonchev–Trinajstić information content (AvgIpc) is 2.48. The van der Waals surface area contributed by atoms with E-state index in [1.807, 2.05) is 0 Å². The summed E-state index contributed by atoms with van der Waals surface area (Å²) < 4.78 is 5.48. The molecule has 0 aliphatic rings. The standard InChI is InChI=1S/C16H27N3O2/c1-4-8-17-15-14(6-5-9-18-15)16(20)19-10-12-21-11-7-13(2)3/h5-6,9,13H,4,7-8,10-12H2,1-3H3,(H,17,18)(H,19,20). The number of rotatable bonds is 10. The van der Waals surface area contributed by atoms with Crippen LogP contribution in [0.15, 0.2) is 18.3 Å². The molecule has 5 heteroatoms. The van der Waals surface area contributed by atoms with Crippen LogP contribution in [0.2, 0.25) is 0 Å². The van der Waals surface area contributed by atoms with Gasteiger partial charge in [0.2, 0.25) is 0 Å². The number of ether oxygens (including phenoxy) is 1. The molecule has 0 aliphatic heterocycles. The predicted molar refractivity (Wildman–Crippen MR) is 85.6 cm³/mol. The number of nitrogens with zero attached hydrogens (tertiary/aromatic N) is 1. The quantitative estimate of drug-likeness (QED) is 0.651. The lowest BCUT2D eigenvalue weighted by molar-refractivity contribution is 0.0906. The van der Waals surface area contributed by atoms with Crippen LogP contribution in [0.4, 0.5) is 5.82 Å². The van der Waals surface area contributed by atoms with E-state index in [0.29, 0.717) is 30.5 Å². The first kappa shape index (κ1) is 17.4. The van der Waals surface area contributed by atoms with Crippen LogP contribution >= 0.6 is 0 Å². The largest absolute Gasteiger partial charge is 0.380 e. The molecule has 0 spiro atoms. The molecule has 1 aromatic rings. The van der Waals surface area contributed by atoms with Crippen molar-refractivity contribution in [2.75, 3.05) is 31.6 Å². The van der Waals surface area contributed by atoms with Crippen molar-refractivity contribution in [2.45, 2.75) is 33.6 Å². The van der Waals surface area contributed by atoms with Crippen LogP contribution in [0, 0.1) is 5.92 Å². The summed E-state index contributed by atoms with van der Waals surface area (Å²) in [7, 11) is 0. The van der Waals surface area contributed by atoms with Gasteiger partial charge in [0.1, 0.15) is 5.82 Å². The van der Waals surface area contributed by atoms with Crippen molar-refractivity contribution in [2.24, 2.45) is 5.92 Å². The molecule has 1 aromatic heterocycles. The molecule has 0 radical (unpaired) electrons. The molecule has 5 nitrogen and oxygen atoms in total.